The van der Waals surface area contributed by atoms with E-state index in [1.165, 1.54) is 5.56 Å². The summed E-state index contributed by atoms with van der Waals surface area (Å²) in [6.07, 6.45) is 5.74. The monoisotopic (exact) mass is 252 g/mol. The Kier molecular flexibility index (Phi) is 1.67. The summed E-state index contributed by atoms with van der Waals surface area (Å²) in [5.74, 6) is 1.23. The van der Waals surface area contributed by atoms with E-state index in [0.29, 0.717) is 17.9 Å². The van der Waals surface area contributed by atoms with Gasteiger partial charge in [-0.15, -0.1) is 0 Å². The summed E-state index contributed by atoms with van der Waals surface area (Å²) in [6, 6.07) is 8.56. The predicted octanol–water partition coefficient (Wildman–Crippen LogP) is 1.53. The minimum absolute atomic E-state index is 0.192. The van der Waals surface area contributed by atoms with Crippen molar-refractivity contribution in [1.82, 2.24) is 10.2 Å². The summed E-state index contributed by atoms with van der Waals surface area (Å²) < 4.78 is 0. The number of carbonyl (C=O) groups is 1. The van der Waals surface area contributed by atoms with Gasteiger partial charge in [-0.1, -0.05) is 30.4 Å². The third kappa shape index (κ3) is 1.11. The third-order valence-electron chi connectivity index (χ3n) is 5.45. The van der Waals surface area contributed by atoms with Crippen LogP contribution in [0.4, 0.5) is 0 Å². The van der Waals surface area contributed by atoms with Crippen LogP contribution in [0.5, 0.6) is 0 Å². The zero-order valence-corrected chi connectivity index (χ0v) is 10.7. The molecular weight excluding hydrogens is 236 g/mol. The maximum absolute atomic E-state index is 12.7. The Labute approximate surface area is 112 Å². The van der Waals surface area contributed by atoms with Crippen molar-refractivity contribution < 1.29 is 4.79 Å². The maximum Gasteiger partial charge on any atom is 0.254 e. The molecule has 4 atom stereocenters. The molecule has 5 rings (SSSR count). The van der Waals surface area contributed by atoms with Crippen LogP contribution in [0.25, 0.3) is 0 Å². The highest BCUT2D eigenvalue weighted by molar-refractivity contribution is 5.98. The summed E-state index contributed by atoms with van der Waals surface area (Å²) in [5.41, 5.74) is 2.38. The van der Waals surface area contributed by atoms with Gasteiger partial charge in [0.2, 0.25) is 0 Å². The molecule has 96 valence electrons. The van der Waals surface area contributed by atoms with E-state index in [9.17, 15) is 4.79 Å². The second-order valence-corrected chi connectivity index (χ2v) is 6.32. The van der Waals surface area contributed by atoms with Crippen LogP contribution in [0.1, 0.15) is 28.3 Å². The molecule has 0 aromatic heterocycles. The molecule has 1 spiro atoms. The van der Waals surface area contributed by atoms with Crippen molar-refractivity contribution in [2.45, 2.75) is 23.9 Å². The van der Waals surface area contributed by atoms with E-state index >= 15 is 0 Å². The first-order valence-corrected chi connectivity index (χ1v) is 7.12. The summed E-state index contributed by atoms with van der Waals surface area (Å²) in [4.78, 5) is 14.9. The van der Waals surface area contributed by atoms with Crippen LogP contribution in [0.15, 0.2) is 36.4 Å². The molecule has 3 nitrogen and oxygen atoms in total. The lowest BCUT2D eigenvalue weighted by Gasteiger charge is -2.41. The molecule has 0 radical (unpaired) electrons. The number of hydrogen-bond acceptors (Lipinski definition) is 2. The van der Waals surface area contributed by atoms with Crippen molar-refractivity contribution in [1.29, 1.82) is 0 Å². The SMILES string of the molecule is O=C1c2ccccc2[C@@H]2CC=C[C@H]3[C@@H]2N1C[C@]31CN1. The highest BCUT2D eigenvalue weighted by Gasteiger charge is 2.63. The highest BCUT2D eigenvalue weighted by Crippen LogP contribution is 2.52. The Morgan fingerprint density at radius 1 is 1.32 bits per heavy atom. The smallest absolute Gasteiger partial charge is 0.254 e. The van der Waals surface area contributed by atoms with Gasteiger partial charge in [-0.2, -0.15) is 0 Å². The third-order valence-corrected chi connectivity index (χ3v) is 5.45. The van der Waals surface area contributed by atoms with E-state index in [2.05, 4.69) is 34.5 Å². The van der Waals surface area contributed by atoms with E-state index in [0.717, 1.165) is 25.1 Å². The van der Waals surface area contributed by atoms with Crippen molar-refractivity contribution in [3.63, 3.8) is 0 Å². The lowest BCUT2D eigenvalue weighted by molar-refractivity contribution is 0.0664. The van der Waals surface area contributed by atoms with Gasteiger partial charge in [0.15, 0.2) is 0 Å². The molecule has 1 N–H and O–H groups in total. The van der Waals surface area contributed by atoms with Gasteiger partial charge in [0.25, 0.3) is 5.91 Å². The minimum Gasteiger partial charge on any atom is -0.332 e. The standard InChI is InChI=1S/C16H16N2O/c19-15-12-5-2-1-4-10(12)11-6-3-7-13-14(11)18(15)9-16(13)8-17-16/h1-5,7,11,13-14,17H,6,8-9H2/t11-,13-,14+,16+/m0/s1. The molecule has 19 heavy (non-hydrogen) atoms. The lowest BCUT2D eigenvalue weighted by atomic mass is 9.72. The Hall–Kier alpha value is -1.61. The molecule has 4 aliphatic rings. The second kappa shape index (κ2) is 3.10. The number of allylic oxidation sites excluding steroid dienone is 1. The molecule has 3 heterocycles. The number of amides is 1. The van der Waals surface area contributed by atoms with E-state index in [4.69, 9.17) is 0 Å². The van der Waals surface area contributed by atoms with Gasteiger partial charge >= 0.3 is 0 Å². The van der Waals surface area contributed by atoms with E-state index in [-0.39, 0.29) is 11.4 Å². The van der Waals surface area contributed by atoms with Crippen LogP contribution in [0.2, 0.25) is 0 Å². The fraction of sp³-hybridized carbons (Fsp3) is 0.438. The van der Waals surface area contributed by atoms with E-state index in [1.54, 1.807) is 0 Å². The Morgan fingerprint density at radius 3 is 3.00 bits per heavy atom. The van der Waals surface area contributed by atoms with Gasteiger partial charge < -0.3 is 10.2 Å². The number of nitrogens with one attached hydrogen (secondary N) is 1. The zero-order chi connectivity index (χ0) is 12.6. The number of benzene rings is 1. The largest absolute Gasteiger partial charge is 0.332 e. The van der Waals surface area contributed by atoms with Crippen LogP contribution >= 0.6 is 0 Å². The molecule has 0 saturated carbocycles. The van der Waals surface area contributed by atoms with Crippen LogP contribution in [-0.4, -0.2) is 35.5 Å². The average molecular weight is 252 g/mol. The van der Waals surface area contributed by atoms with Gasteiger partial charge in [0.1, 0.15) is 0 Å². The maximum atomic E-state index is 12.7. The molecule has 1 aromatic rings. The molecule has 2 saturated heterocycles. The number of carbonyl (C=O) groups excluding carboxylic acids is 1. The highest BCUT2D eigenvalue weighted by atomic mass is 16.2. The van der Waals surface area contributed by atoms with Gasteiger partial charge in [-0.05, 0) is 18.1 Å². The topological polar surface area (TPSA) is 42.2 Å². The number of fused-ring (bicyclic) bond motifs is 3. The van der Waals surface area contributed by atoms with Gasteiger partial charge in [-0.3, -0.25) is 4.79 Å². The van der Waals surface area contributed by atoms with Crippen molar-refractivity contribution in [3.8, 4) is 0 Å². The van der Waals surface area contributed by atoms with Gasteiger partial charge in [0, 0.05) is 36.5 Å². The first-order chi connectivity index (χ1) is 9.30. The molecule has 0 bridgehead atoms. The summed E-state index contributed by atoms with van der Waals surface area (Å²) >= 11 is 0. The van der Waals surface area contributed by atoms with Crippen molar-refractivity contribution in [2.24, 2.45) is 5.92 Å². The minimum atomic E-state index is 0.192. The lowest BCUT2D eigenvalue weighted by Crippen LogP contribution is -2.47. The average Bonchev–Trinajstić information content (AvgIpc) is 3.15. The van der Waals surface area contributed by atoms with Crippen molar-refractivity contribution in [2.75, 3.05) is 13.1 Å². The Bertz CT molecular complexity index is 617. The van der Waals surface area contributed by atoms with Crippen molar-refractivity contribution >= 4 is 5.91 Å². The fourth-order valence-corrected chi connectivity index (χ4v) is 4.46. The van der Waals surface area contributed by atoms with E-state index in [1.807, 2.05) is 12.1 Å². The second-order valence-electron chi connectivity index (χ2n) is 6.32. The van der Waals surface area contributed by atoms with Crippen LogP contribution in [-0.2, 0) is 0 Å². The predicted molar refractivity (Wildman–Crippen MR) is 72.0 cm³/mol. The summed E-state index contributed by atoms with van der Waals surface area (Å²) in [5, 5.41) is 3.52. The molecule has 1 aliphatic carbocycles. The first-order valence-electron chi connectivity index (χ1n) is 7.12. The molecule has 3 aliphatic heterocycles. The number of rotatable bonds is 0. The molecule has 2 fully saturated rings. The summed E-state index contributed by atoms with van der Waals surface area (Å²) in [7, 11) is 0. The molecule has 1 aromatic carbocycles. The molecule has 1 amide bonds. The zero-order valence-electron chi connectivity index (χ0n) is 10.7. The first kappa shape index (κ1) is 10.2. The van der Waals surface area contributed by atoms with Gasteiger partial charge in [-0.25, -0.2) is 0 Å². The summed E-state index contributed by atoms with van der Waals surface area (Å²) in [6.45, 7) is 1.95. The Balaban J connectivity index is 1.73. The van der Waals surface area contributed by atoms with Crippen LogP contribution in [0.3, 0.4) is 0 Å². The van der Waals surface area contributed by atoms with Crippen LogP contribution in [0, 0.1) is 5.92 Å². The molecule has 0 unspecified atom stereocenters. The van der Waals surface area contributed by atoms with Crippen molar-refractivity contribution in [3.05, 3.63) is 47.5 Å². The number of nitrogens with zero attached hydrogens (tertiary/aromatic N) is 1. The molecular formula is C16H16N2O. The van der Waals surface area contributed by atoms with E-state index < -0.39 is 0 Å². The fourth-order valence-electron chi connectivity index (χ4n) is 4.46. The number of hydrogen-bond donors (Lipinski definition) is 1. The van der Waals surface area contributed by atoms with Crippen LogP contribution < -0.4 is 5.32 Å². The molecule has 3 heteroatoms. The quantitative estimate of drug-likeness (QED) is 0.562. The normalized spacial score (nSPS) is 41.4. The Morgan fingerprint density at radius 2 is 2.16 bits per heavy atom. The van der Waals surface area contributed by atoms with Gasteiger partial charge in [0.05, 0.1) is 5.54 Å².